The van der Waals surface area contributed by atoms with Gasteiger partial charge < -0.3 is 20.2 Å². The van der Waals surface area contributed by atoms with Crippen molar-refractivity contribution in [2.24, 2.45) is 5.92 Å². The minimum atomic E-state index is -5.08. The van der Waals surface area contributed by atoms with Gasteiger partial charge in [-0.3, -0.25) is 9.59 Å². The van der Waals surface area contributed by atoms with Gasteiger partial charge >= 0.3 is 12.1 Å². The van der Waals surface area contributed by atoms with Crippen LogP contribution in [0.15, 0.2) is 53.4 Å². The number of carbonyl (C=O) groups is 3. The van der Waals surface area contributed by atoms with Crippen LogP contribution in [0.1, 0.15) is 55.5 Å². The summed E-state index contributed by atoms with van der Waals surface area (Å²) in [6.45, 7) is 6.71. The van der Waals surface area contributed by atoms with Gasteiger partial charge in [-0.1, -0.05) is 35.4 Å². The van der Waals surface area contributed by atoms with Crippen LogP contribution >= 0.6 is 11.6 Å². The first-order valence-electron chi connectivity index (χ1n) is 14.6. The third-order valence-corrected chi connectivity index (χ3v) is 10.5. The molecule has 2 amide bonds. The minimum Gasteiger partial charge on any atom is -0.475 e. The van der Waals surface area contributed by atoms with Crippen LogP contribution < -0.4 is 5.32 Å². The lowest BCUT2D eigenvalue weighted by Crippen LogP contribution is -2.53. The molecule has 4 atom stereocenters. The summed E-state index contributed by atoms with van der Waals surface area (Å²) >= 11 is 6.03. The van der Waals surface area contributed by atoms with E-state index in [0.717, 1.165) is 18.4 Å². The van der Waals surface area contributed by atoms with Crippen molar-refractivity contribution in [2.45, 2.75) is 81.7 Å². The highest BCUT2D eigenvalue weighted by Gasteiger charge is 2.44. The van der Waals surface area contributed by atoms with Crippen LogP contribution in [-0.4, -0.2) is 90.8 Å². The summed E-state index contributed by atoms with van der Waals surface area (Å²) in [5.41, 5.74) is 1.41. The number of nitrogens with zero attached hydrogens (tertiary/aromatic N) is 2. The van der Waals surface area contributed by atoms with Gasteiger partial charge in [-0.05, 0) is 89.8 Å². The van der Waals surface area contributed by atoms with Crippen LogP contribution in [-0.2, 0) is 19.4 Å². The Morgan fingerprint density at radius 1 is 1.11 bits per heavy atom. The van der Waals surface area contributed by atoms with E-state index in [9.17, 15) is 31.2 Å². The Kier molecular flexibility index (Phi) is 12.1. The molecule has 4 rings (SSSR count). The highest BCUT2D eigenvalue weighted by atomic mass is 35.5. The van der Waals surface area contributed by atoms with Gasteiger partial charge in [0.2, 0.25) is 5.91 Å². The molecule has 0 bridgehead atoms. The average Bonchev–Trinajstić information content (AvgIpc) is 3.31. The van der Waals surface area contributed by atoms with E-state index < -0.39 is 28.0 Å². The molecule has 1 aliphatic heterocycles. The first-order chi connectivity index (χ1) is 20.9. The van der Waals surface area contributed by atoms with Crippen LogP contribution in [0.25, 0.3) is 0 Å². The van der Waals surface area contributed by atoms with Crippen molar-refractivity contribution in [3.8, 4) is 0 Å². The second-order valence-corrected chi connectivity index (χ2v) is 14.3. The first-order valence-corrected chi connectivity index (χ1v) is 16.6. The molecule has 2 N–H and O–H groups in total. The number of alkyl halides is 3. The van der Waals surface area contributed by atoms with Crippen molar-refractivity contribution in [3.05, 3.63) is 64.7 Å². The number of likely N-dealkylation sites (tertiary alicyclic amines) is 1. The summed E-state index contributed by atoms with van der Waals surface area (Å²) in [5, 5.41) is 10.4. The highest BCUT2D eigenvalue weighted by Crippen LogP contribution is 2.36. The molecular weight excluding hydrogens is 635 g/mol. The second-order valence-electron chi connectivity index (χ2n) is 11.8. The van der Waals surface area contributed by atoms with Gasteiger partial charge in [0.15, 0.2) is 9.84 Å². The first kappa shape index (κ1) is 36.3. The SMILES string of the molecule is Cc1ccc(S(=O)(=O)C[C@@H]2C[C@H](N(C)C(C)C)CC[C@@H]2N2CC[C@H](NC(=O)c3cccc(Cl)c3)C2=O)cc1.O=C(O)C(F)(F)F. The van der Waals surface area contributed by atoms with Crippen LogP contribution in [0.5, 0.6) is 0 Å². The van der Waals surface area contributed by atoms with Gasteiger partial charge in [0, 0.05) is 35.3 Å². The van der Waals surface area contributed by atoms with Gasteiger partial charge in [-0.25, -0.2) is 13.2 Å². The van der Waals surface area contributed by atoms with Crippen LogP contribution in [0.4, 0.5) is 13.2 Å². The number of rotatable bonds is 8. The number of aliphatic carboxylic acids is 1. The summed E-state index contributed by atoms with van der Waals surface area (Å²) in [4.78, 5) is 39.6. The van der Waals surface area contributed by atoms with E-state index in [4.69, 9.17) is 21.5 Å². The Morgan fingerprint density at radius 2 is 1.73 bits per heavy atom. The maximum atomic E-state index is 13.5. The number of carboxylic acid groups (broad SMARTS) is 1. The second kappa shape index (κ2) is 15.0. The zero-order chi connectivity index (χ0) is 33.7. The third kappa shape index (κ3) is 9.67. The van der Waals surface area contributed by atoms with Gasteiger partial charge in [-0.15, -0.1) is 0 Å². The van der Waals surface area contributed by atoms with Crippen molar-refractivity contribution in [3.63, 3.8) is 0 Å². The fourth-order valence-corrected chi connectivity index (χ4v) is 7.62. The van der Waals surface area contributed by atoms with Crippen LogP contribution in [0, 0.1) is 12.8 Å². The number of aryl methyl sites for hydroxylation is 1. The Hall–Kier alpha value is -3.16. The fraction of sp³-hybridized carbons (Fsp3) is 0.516. The molecule has 248 valence electrons. The molecule has 0 aromatic heterocycles. The number of hydrogen-bond acceptors (Lipinski definition) is 6. The predicted molar refractivity (Wildman–Crippen MR) is 164 cm³/mol. The van der Waals surface area contributed by atoms with Gasteiger partial charge in [0.05, 0.1) is 10.6 Å². The van der Waals surface area contributed by atoms with Gasteiger partial charge in [0.1, 0.15) is 6.04 Å². The maximum absolute atomic E-state index is 13.5. The quantitative estimate of drug-likeness (QED) is 0.406. The number of benzene rings is 2. The monoisotopic (exact) mass is 673 g/mol. The highest BCUT2D eigenvalue weighted by molar-refractivity contribution is 7.91. The van der Waals surface area contributed by atoms with Crippen molar-refractivity contribution in [2.75, 3.05) is 19.3 Å². The molecule has 1 aliphatic carbocycles. The lowest BCUT2D eigenvalue weighted by molar-refractivity contribution is -0.192. The summed E-state index contributed by atoms with van der Waals surface area (Å²) in [6.07, 6.45) is -2.26. The molecule has 1 heterocycles. The normalized spacial score (nSPS) is 22.3. The third-order valence-electron chi connectivity index (χ3n) is 8.39. The zero-order valence-electron chi connectivity index (χ0n) is 25.6. The van der Waals surface area contributed by atoms with E-state index in [2.05, 4.69) is 31.1 Å². The Labute approximate surface area is 266 Å². The molecule has 0 unspecified atom stereocenters. The molecule has 0 spiro atoms. The lowest BCUT2D eigenvalue weighted by Gasteiger charge is -2.44. The summed E-state index contributed by atoms with van der Waals surface area (Å²) in [6, 6.07) is 13.4. The smallest absolute Gasteiger partial charge is 0.475 e. The molecule has 2 aliphatic rings. The Bertz CT molecular complexity index is 1470. The van der Waals surface area contributed by atoms with Crippen molar-refractivity contribution in [1.29, 1.82) is 0 Å². The van der Waals surface area contributed by atoms with Crippen LogP contribution in [0.3, 0.4) is 0 Å². The average molecular weight is 674 g/mol. The van der Waals surface area contributed by atoms with E-state index >= 15 is 0 Å². The van der Waals surface area contributed by atoms with E-state index in [1.807, 2.05) is 24.0 Å². The van der Waals surface area contributed by atoms with E-state index in [1.54, 1.807) is 36.4 Å². The standard InChI is InChI=1S/C29H38ClN3O4S.C2HF3O2/c1-19(2)32(4)24-10-13-27(22(17-24)18-38(36,37)25-11-8-20(3)9-12-25)33-15-14-26(29(33)35)31-28(34)21-6-5-7-23(30)16-21;3-2(4,5)1(6)7/h5-9,11-12,16,19,22,24,26-27H,10,13-15,17-18H2,1-4H3,(H,31,34);(H,6,7)/t22-,24+,26-,27-;/m0./s1. The number of amides is 2. The molecule has 2 fully saturated rings. The Morgan fingerprint density at radius 3 is 2.29 bits per heavy atom. The van der Waals surface area contributed by atoms with Gasteiger partial charge in [0.25, 0.3) is 5.91 Å². The van der Waals surface area contributed by atoms with Crippen molar-refractivity contribution >= 4 is 39.2 Å². The topological polar surface area (TPSA) is 124 Å². The maximum Gasteiger partial charge on any atom is 0.490 e. The molecule has 1 saturated carbocycles. The largest absolute Gasteiger partial charge is 0.490 e. The number of hydrogen-bond donors (Lipinski definition) is 2. The zero-order valence-corrected chi connectivity index (χ0v) is 27.1. The summed E-state index contributed by atoms with van der Waals surface area (Å²) in [5.74, 6) is -3.45. The van der Waals surface area contributed by atoms with E-state index in [0.29, 0.717) is 40.9 Å². The number of sulfone groups is 1. The number of nitrogens with one attached hydrogen (secondary N) is 1. The number of carboxylic acids is 1. The molecule has 9 nitrogen and oxygen atoms in total. The van der Waals surface area contributed by atoms with E-state index in [-0.39, 0.29) is 35.6 Å². The molecule has 0 radical (unpaired) electrons. The van der Waals surface area contributed by atoms with Crippen molar-refractivity contribution < 1.29 is 41.1 Å². The number of carbonyl (C=O) groups excluding carboxylic acids is 2. The molecular formula is C31H39ClF3N3O6S. The predicted octanol–water partition coefficient (Wildman–Crippen LogP) is 4.96. The molecule has 2 aromatic carbocycles. The Balaban J connectivity index is 0.000000707. The fourth-order valence-electron chi connectivity index (χ4n) is 5.76. The van der Waals surface area contributed by atoms with E-state index in [1.165, 1.54) is 0 Å². The van der Waals surface area contributed by atoms with Gasteiger partial charge in [-0.2, -0.15) is 13.2 Å². The number of halogens is 4. The van der Waals surface area contributed by atoms with Crippen molar-refractivity contribution in [1.82, 2.24) is 15.1 Å². The molecule has 14 heteroatoms. The molecule has 45 heavy (non-hydrogen) atoms. The summed E-state index contributed by atoms with van der Waals surface area (Å²) in [7, 11) is -1.45. The molecule has 2 aromatic rings. The minimum absolute atomic E-state index is 0.00746. The lowest BCUT2D eigenvalue weighted by atomic mass is 9.81. The van der Waals surface area contributed by atoms with Crippen LogP contribution in [0.2, 0.25) is 5.02 Å². The molecule has 1 saturated heterocycles. The summed E-state index contributed by atoms with van der Waals surface area (Å²) < 4.78 is 58.7.